The Bertz CT molecular complexity index is 394. The lowest BCUT2D eigenvalue weighted by Crippen LogP contribution is -2.45. The van der Waals surface area contributed by atoms with E-state index in [0.29, 0.717) is 0 Å². The maximum atomic E-state index is 11.3. The number of carboxylic acid groups (broad SMARTS) is 1. The number of nitrogens with one attached hydrogen (secondary N) is 1. The molecular formula is C12H16N2O4. The van der Waals surface area contributed by atoms with Gasteiger partial charge in [0.2, 0.25) is 0 Å². The second kappa shape index (κ2) is 7.41. The number of carbonyl (C=O) groups is 2. The zero-order chi connectivity index (χ0) is 13.4. The largest absolute Gasteiger partial charge is 0.480 e. The number of benzene rings is 1. The van der Waals surface area contributed by atoms with Gasteiger partial charge in [-0.1, -0.05) is 30.3 Å². The van der Waals surface area contributed by atoms with Gasteiger partial charge in [0.25, 0.3) is 0 Å². The molecule has 0 aromatic heterocycles. The van der Waals surface area contributed by atoms with Crippen LogP contribution in [-0.4, -0.2) is 36.2 Å². The number of hydrogen-bond acceptors (Lipinski definition) is 5. The first-order chi connectivity index (χ1) is 8.63. The van der Waals surface area contributed by atoms with Gasteiger partial charge in [-0.05, 0) is 5.56 Å². The normalized spacial score (nSPS) is 11.8. The summed E-state index contributed by atoms with van der Waals surface area (Å²) >= 11 is 0. The van der Waals surface area contributed by atoms with E-state index in [4.69, 9.17) is 15.6 Å². The number of nitrogens with two attached hydrogens (primary N) is 1. The van der Waals surface area contributed by atoms with E-state index >= 15 is 0 Å². The fraction of sp³-hybridized carbons (Fsp3) is 0.333. The van der Waals surface area contributed by atoms with E-state index in [2.05, 4.69) is 5.32 Å². The van der Waals surface area contributed by atoms with Crippen LogP contribution < -0.4 is 11.1 Å². The van der Waals surface area contributed by atoms with Crippen LogP contribution in [0.1, 0.15) is 5.56 Å². The zero-order valence-corrected chi connectivity index (χ0v) is 9.83. The SMILES string of the molecule is NC[C@H](NCC(=O)OCc1ccccc1)C(=O)O. The predicted molar refractivity (Wildman–Crippen MR) is 64.7 cm³/mol. The Hall–Kier alpha value is -1.92. The van der Waals surface area contributed by atoms with Gasteiger partial charge in [-0.2, -0.15) is 0 Å². The molecular weight excluding hydrogens is 236 g/mol. The van der Waals surface area contributed by atoms with Gasteiger partial charge in [-0.15, -0.1) is 0 Å². The third-order valence-electron chi connectivity index (χ3n) is 2.27. The van der Waals surface area contributed by atoms with Crippen LogP contribution >= 0.6 is 0 Å². The van der Waals surface area contributed by atoms with Gasteiger partial charge in [0.15, 0.2) is 0 Å². The second-order valence-electron chi connectivity index (χ2n) is 3.65. The van der Waals surface area contributed by atoms with Crippen molar-refractivity contribution >= 4 is 11.9 Å². The molecule has 98 valence electrons. The summed E-state index contributed by atoms with van der Waals surface area (Å²) < 4.78 is 4.97. The van der Waals surface area contributed by atoms with Crippen LogP contribution in [-0.2, 0) is 20.9 Å². The van der Waals surface area contributed by atoms with Crippen LogP contribution in [0.5, 0.6) is 0 Å². The minimum absolute atomic E-state index is 0.0820. The highest BCUT2D eigenvalue weighted by molar-refractivity contribution is 5.76. The zero-order valence-electron chi connectivity index (χ0n) is 9.83. The minimum Gasteiger partial charge on any atom is -0.480 e. The lowest BCUT2D eigenvalue weighted by molar-refractivity contribution is -0.144. The Labute approximate surface area is 105 Å². The summed E-state index contributed by atoms with van der Waals surface area (Å²) in [5.41, 5.74) is 6.10. The molecule has 0 radical (unpaired) electrons. The molecule has 0 heterocycles. The Morgan fingerprint density at radius 2 is 2.00 bits per heavy atom. The molecule has 1 aromatic rings. The Morgan fingerprint density at radius 1 is 1.33 bits per heavy atom. The fourth-order valence-electron chi connectivity index (χ4n) is 1.27. The molecule has 1 rings (SSSR count). The summed E-state index contributed by atoms with van der Waals surface area (Å²) in [6, 6.07) is 8.29. The van der Waals surface area contributed by atoms with Crippen LogP contribution in [0.25, 0.3) is 0 Å². The van der Waals surface area contributed by atoms with Crippen LogP contribution in [0, 0.1) is 0 Å². The molecule has 0 saturated heterocycles. The van der Waals surface area contributed by atoms with Crippen molar-refractivity contribution in [1.29, 1.82) is 0 Å². The average Bonchev–Trinajstić information content (AvgIpc) is 2.38. The van der Waals surface area contributed by atoms with Crippen molar-refractivity contribution in [3.05, 3.63) is 35.9 Å². The van der Waals surface area contributed by atoms with Crippen molar-refractivity contribution in [2.45, 2.75) is 12.6 Å². The molecule has 18 heavy (non-hydrogen) atoms. The van der Waals surface area contributed by atoms with Crippen LogP contribution in [0.2, 0.25) is 0 Å². The molecule has 6 nitrogen and oxygen atoms in total. The summed E-state index contributed by atoms with van der Waals surface area (Å²) in [6.07, 6.45) is 0. The van der Waals surface area contributed by atoms with Gasteiger partial charge < -0.3 is 15.6 Å². The molecule has 0 spiro atoms. The average molecular weight is 252 g/mol. The van der Waals surface area contributed by atoms with Crippen LogP contribution in [0.4, 0.5) is 0 Å². The fourth-order valence-corrected chi connectivity index (χ4v) is 1.27. The molecule has 0 aliphatic heterocycles. The Morgan fingerprint density at radius 3 is 2.56 bits per heavy atom. The number of ether oxygens (including phenoxy) is 1. The van der Waals surface area contributed by atoms with Crippen LogP contribution in [0.3, 0.4) is 0 Å². The monoisotopic (exact) mass is 252 g/mol. The van der Waals surface area contributed by atoms with E-state index in [1.807, 2.05) is 30.3 Å². The smallest absolute Gasteiger partial charge is 0.322 e. The number of carboxylic acids is 1. The molecule has 0 amide bonds. The molecule has 0 bridgehead atoms. The van der Waals surface area contributed by atoms with Crippen molar-refractivity contribution < 1.29 is 19.4 Å². The standard InChI is InChI=1S/C12H16N2O4/c13-6-10(12(16)17)14-7-11(15)18-8-9-4-2-1-3-5-9/h1-5,10,14H,6-8,13H2,(H,16,17)/t10-/m0/s1. The Kier molecular flexibility index (Phi) is 5.83. The lowest BCUT2D eigenvalue weighted by atomic mass is 10.2. The number of rotatable bonds is 7. The molecule has 0 unspecified atom stereocenters. The van der Waals surface area contributed by atoms with E-state index < -0.39 is 18.0 Å². The highest BCUT2D eigenvalue weighted by Crippen LogP contribution is 2.00. The summed E-state index contributed by atoms with van der Waals surface area (Å²) in [4.78, 5) is 22.0. The molecule has 1 aromatic carbocycles. The summed E-state index contributed by atoms with van der Waals surface area (Å²) in [7, 11) is 0. The number of aliphatic carboxylic acids is 1. The van der Waals surface area contributed by atoms with Gasteiger partial charge in [-0.3, -0.25) is 14.9 Å². The van der Waals surface area contributed by atoms with E-state index in [9.17, 15) is 9.59 Å². The molecule has 0 aliphatic carbocycles. The van der Waals surface area contributed by atoms with E-state index in [0.717, 1.165) is 5.56 Å². The molecule has 6 heteroatoms. The maximum Gasteiger partial charge on any atom is 0.322 e. The van der Waals surface area contributed by atoms with Gasteiger partial charge in [0, 0.05) is 6.54 Å². The first-order valence-corrected chi connectivity index (χ1v) is 5.49. The van der Waals surface area contributed by atoms with Gasteiger partial charge in [0.05, 0.1) is 6.54 Å². The molecule has 0 saturated carbocycles. The van der Waals surface area contributed by atoms with E-state index in [1.54, 1.807) is 0 Å². The molecule has 4 N–H and O–H groups in total. The topological polar surface area (TPSA) is 102 Å². The van der Waals surface area contributed by atoms with Crippen molar-refractivity contribution in [2.24, 2.45) is 5.73 Å². The Balaban J connectivity index is 2.28. The second-order valence-corrected chi connectivity index (χ2v) is 3.65. The first-order valence-electron chi connectivity index (χ1n) is 5.49. The van der Waals surface area contributed by atoms with Crippen LogP contribution in [0.15, 0.2) is 30.3 Å². The molecule has 0 aliphatic rings. The van der Waals surface area contributed by atoms with E-state index in [1.165, 1.54) is 0 Å². The highest BCUT2D eigenvalue weighted by atomic mass is 16.5. The van der Waals surface area contributed by atoms with Crippen molar-refractivity contribution in [1.82, 2.24) is 5.32 Å². The number of carbonyl (C=O) groups excluding carboxylic acids is 1. The summed E-state index contributed by atoms with van der Waals surface area (Å²) in [5, 5.41) is 11.2. The quantitative estimate of drug-likeness (QED) is 0.577. The van der Waals surface area contributed by atoms with Crippen molar-refractivity contribution in [2.75, 3.05) is 13.1 Å². The third kappa shape index (κ3) is 4.94. The lowest BCUT2D eigenvalue weighted by Gasteiger charge is -2.11. The first kappa shape index (κ1) is 14.1. The molecule has 0 fully saturated rings. The van der Waals surface area contributed by atoms with Crippen molar-refractivity contribution in [3.63, 3.8) is 0 Å². The minimum atomic E-state index is -1.09. The highest BCUT2D eigenvalue weighted by Gasteiger charge is 2.16. The van der Waals surface area contributed by atoms with E-state index in [-0.39, 0.29) is 19.7 Å². The van der Waals surface area contributed by atoms with Gasteiger partial charge in [0.1, 0.15) is 12.6 Å². The summed E-state index contributed by atoms with van der Waals surface area (Å²) in [5.74, 6) is -1.60. The predicted octanol–water partition coefficient (Wildman–Crippen LogP) is -0.269. The third-order valence-corrected chi connectivity index (χ3v) is 2.27. The van der Waals surface area contributed by atoms with Crippen molar-refractivity contribution in [3.8, 4) is 0 Å². The number of esters is 1. The number of hydrogen-bond donors (Lipinski definition) is 3. The van der Waals surface area contributed by atoms with Gasteiger partial charge >= 0.3 is 11.9 Å². The maximum absolute atomic E-state index is 11.3. The van der Waals surface area contributed by atoms with Gasteiger partial charge in [-0.25, -0.2) is 0 Å². The summed E-state index contributed by atoms with van der Waals surface area (Å²) in [6.45, 7) is -0.0932. The molecule has 1 atom stereocenters.